The molecule has 13 rings (SSSR count). The number of anilines is 6. The highest BCUT2D eigenvalue weighted by Gasteiger charge is 2.44. The lowest BCUT2D eigenvalue weighted by molar-refractivity contribution is 0.656. The summed E-state index contributed by atoms with van der Waals surface area (Å²) in [6.45, 7) is 0.0266. The number of furan rings is 2. The molecule has 0 N–H and O–H groups in total. The predicted octanol–water partition coefficient (Wildman–Crippen LogP) is 11.9. The van der Waals surface area contributed by atoms with E-state index >= 15 is 0 Å². The first-order chi connectivity index (χ1) is 26.8. The van der Waals surface area contributed by atoms with Crippen LogP contribution in [0.2, 0.25) is 0 Å². The molecular formula is C48H27BN2O2S. The van der Waals surface area contributed by atoms with Gasteiger partial charge in [0.05, 0.1) is 10.4 Å². The normalized spacial score (nSPS) is 13.4. The van der Waals surface area contributed by atoms with E-state index in [-0.39, 0.29) is 6.71 Å². The molecule has 54 heavy (non-hydrogen) atoms. The van der Waals surface area contributed by atoms with Gasteiger partial charge in [0, 0.05) is 59.8 Å². The van der Waals surface area contributed by atoms with Gasteiger partial charge in [0.2, 0.25) is 0 Å². The number of thiophene rings is 1. The summed E-state index contributed by atoms with van der Waals surface area (Å²) >= 11 is 1.87. The van der Waals surface area contributed by atoms with Crippen LogP contribution >= 0.6 is 11.3 Å². The zero-order chi connectivity index (χ0) is 35.1. The Kier molecular flexibility index (Phi) is 5.56. The molecule has 250 valence electrons. The molecule has 11 aromatic rings. The average Bonchev–Trinajstić information content (AvgIpc) is 3.92. The molecule has 0 fully saturated rings. The van der Waals surface area contributed by atoms with Gasteiger partial charge in [0.1, 0.15) is 16.9 Å². The second kappa shape index (κ2) is 10.4. The highest BCUT2D eigenvalue weighted by molar-refractivity contribution is 7.26. The summed E-state index contributed by atoms with van der Waals surface area (Å²) in [4.78, 5) is 4.93. The van der Waals surface area contributed by atoms with Crippen LogP contribution in [0.5, 0.6) is 0 Å². The zero-order valence-corrected chi connectivity index (χ0v) is 29.6. The quantitative estimate of drug-likeness (QED) is 0.168. The Bertz CT molecular complexity index is 3300. The Labute approximate surface area is 313 Å². The van der Waals surface area contributed by atoms with Gasteiger partial charge < -0.3 is 18.6 Å². The highest BCUT2D eigenvalue weighted by atomic mass is 32.1. The highest BCUT2D eigenvalue weighted by Crippen LogP contribution is 2.52. The molecule has 0 saturated carbocycles. The number of benzene rings is 8. The van der Waals surface area contributed by atoms with Crippen LogP contribution in [-0.4, -0.2) is 6.71 Å². The Balaban J connectivity index is 1.16. The number of hydrogen-bond acceptors (Lipinski definition) is 5. The van der Waals surface area contributed by atoms with Crippen LogP contribution in [0.15, 0.2) is 173 Å². The van der Waals surface area contributed by atoms with Crippen LogP contribution in [-0.2, 0) is 0 Å². The fraction of sp³-hybridized carbons (Fsp3) is 0. The van der Waals surface area contributed by atoms with Gasteiger partial charge >= 0.3 is 0 Å². The molecule has 0 atom stereocenters. The number of rotatable bonds is 2. The summed E-state index contributed by atoms with van der Waals surface area (Å²) in [5.41, 5.74) is 13.9. The number of para-hydroxylation sites is 4. The van der Waals surface area contributed by atoms with Crippen molar-refractivity contribution in [2.75, 3.05) is 9.80 Å². The van der Waals surface area contributed by atoms with Gasteiger partial charge in [-0.05, 0) is 71.0 Å². The largest absolute Gasteiger partial charge is 0.454 e. The van der Waals surface area contributed by atoms with Crippen molar-refractivity contribution < 1.29 is 8.83 Å². The van der Waals surface area contributed by atoms with E-state index in [1.54, 1.807) is 0 Å². The third kappa shape index (κ3) is 3.63. The lowest BCUT2D eigenvalue weighted by atomic mass is 9.33. The van der Waals surface area contributed by atoms with Gasteiger partial charge in [-0.15, -0.1) is 11.3 Å². The molecule has 0 saturated heterocycles. The maximum atomic E-state index is 6.88. The molecule has 0 spiro atoms. The standard InChI is InChI=1S/C48H27BN2O2S/c1-8-24-41-28(13-1)32-27-33-29-14-2-9-25-42(29)53-47(33)45(46(32)52-41)51-37-20-7-5-18-35(37)49-34-17-4-6-19-36(34)50(38-21-12-22-39(51)44(38)49)40-23-11-16-31-30-15-3-10-26-43(30)54-48(31)40/h1-27H. The molecule has 8 aromatic carbocycles. The fourth-order valence-electron chi connectivity index (χ4n) is 9.46. The second-order valence-electron chi connectivity index (χ2n) is 14.4. The molecule has 5 heterocycles. The van der Waals surface area contributed by atoms with Gasteiger partial charge in [0.25, 0.3) is 6.71 Å². The van der Waals surface area contributed by atoms with E-state index in [2.05, 4.69) is 161 Å². The summed E-state index contributed by atoms with van der Waals surface area (Å²) in [5.74, 6) is 0. The Hall–Kier alpha value is -6.76. The van der Waals surface area contributed by atoms with E-state index in [0.29, 0.717) is 0 Å². The Morgan fingerprint density at radius 1 is 0.407 bits per heavy atom. The number of nitrogens with zero attached hydrogens (tertiary/aromatic N) is 2. The summed E-state index contributed by atoms with van der Waals surface area (Å²) in [7, 11) is 0. The van der Waals surface area contributed by atoms with Crippen molar-refractivity contribution in [2.45, 2.75) is 0 Å². The zero-order valence-electron chi connectivity index (χ0n) is 28.8. The molecular weight excluding hydrogens is 679 g/mol. The lowest BCUT2D eigenvalue weighted by Crippen LogP contribution is -2.61. The van der Waals surface area contributed by atoms with E-state index in [4.69, 9.17) is 8.83 Å². The SMILES string of the molecule is c1ccc2c(c1)B1c3ccccc3N(c3cccc4c3sc3ccccc34)c3cccc(c31)N2c1c2oc3ccccc3c2cc2c1oc1ccccc12. The number of fused-ring (bicyclic) bond motifs is 13. The summed E-state index contributed by atoms with van der Waals surface area (Å²) < 4.78 is 16.3. The third-order valence-electron chi connectivity index (χ3n) is 11.6. The Morgan fingerprint density at radius 3 is 1.61 bits per heavy atom. The summed E-state index contributed by atoms with van der Waals surface area (Å²) in [6.07, 6.45) is 0. The van der Waals surface area contributed by atoms with Crippen molar-refractivity contribution in [1.82, 2.24) is 0 Å². The van der Waals surface area contributed by atoms with Gasteiger partial charge in [0.15, 0.2) is 11.2 Å². The first kappa shape index (κ1) is 28.8. The molecule has 6 heteroatoms. The Morgan fingerprint density at radius 2 is 0.907 bits per heavy atom. The van der Waals surface area contributed by atoms with E-state index in [9.17, 15) is 0 Å². The third-order valence-corrected chi connectivity index (χ3v) is 12.9. The first-order valence-electron chi connectivity index (χ1n) is 18.4. The fourth-order valence-corrected chi connectivity index (χ4v) is 10.7. The van der Waals surface area contributed by atoms with E-state index in [0.717, 1.165) is 60.9 Å². The molecule has 3 aromatic heterocycles. The van der Waals surface area contributed by atoms with Crippen molar-refractivity contribution in [2.24, 2.45) is 0 Å². The maximum Gasteiger partial charge on any atom is 0.252 e. The van der Waals surface area contributed by atoms with Crippen LogP contribution in [0, 0.1) is 0 Å². The summed E-state index contributed by atoms with van der Waals surface area (Å²) in [6, 6.07) is 59.2. The minimum absolute atomic E-state index is 0.0266. The van der Waals surface area contributed by atoms with E-state index in [1.165, 1.54) is 53.6 Å². The molecule has 0 unspecified atom stereocenters. The van der Waals surface area contributed by atoms with Gasteiger partial charge in [-0.2, -0.15) is 0 Å². The van der Waals surface area contributed by atoms with E-state index < -0.39 is 0 Å². The van der Waals surface area contributed by atoms with Crippen LogP contribution in [0.1, 0.15) is 0 Å². The molecule has 0 radical (unpaired) electrons. The number of hydrogen-bond donors (Lipinski definition) is 0. The van der Waals surface area contributed by atoms with Crippen molar-refractivity contribution >= 4 is 133 Å². The predicted molar refractivity (Wildman–Crippen MR) is 228 cm³/mol. The van der Waals surface area contributed by atoms with Crippen molar-refractivity contribution in [3.05, 3.63) is 164 Å². The maximum absolute atomic E-state index is 6.88. The monoisotopic (exact) mass is 706 g/mol. The average molecular weight is 707 g/mol. The van der Waals surface area contributed by atoms with Crippen LogP contribution in [0.4, 0.5) is 34.1 Å². The lowest BCUT2D eigenvalue weighted by Gasteiger charge is -2.43. The molecule has 2 aliphatic rings. The molecule has 0 amide bonds. The molecule has 4 nitrogen and oxygen atoms in total. The molecule has 0 bridgehead atoms. The van der Waals surface area contributed by atoms with Crippen molar-refractivity contribution in [3.63, 3.8) is 0 Å². The minimum Gasteiger partial charge on any atom is -0.454 e. The van der Waals surface area contributed by atoms with Crippen LogP contribution in [0.3, 0.4) is 0 Å². The van der Waals surface area contributed by atoms with E-state index in [1.807, 2.05) is 23.5 Å². The first-order valence-corrected chi connectivity index (χ1v) is 19.2. The van der Waals surface area contributed by atoms with Gasteiger partial charge in [-0.3, -0.25) is 0 Å². The van der Waals surface area contributed by atoms with Crippen molar-refractivity contribution in [1.29, 1.82) is 0 Å². The van der Waals surface area contributed by atoms with Crippen molar-refractivity contribution in [3.8, 4) is 0 Å². The van der Waals surface area contributed by atoms with Crippen LogP contribution < -0.4 is 26.2 Å². The molecule has 2 aliphatic heterocycles. The van der Waals surface area contributed by atoms with Gasteiger partial charge in [-0.1, -0.05) is 109 Å². The van der Waals surface area contributed by atoms with Crippen LogP contribution in [0.25, 0.3) is 64.0 Å². The topological polar surface area (TPSA) is 32.8 Å². The minimum atomic E-state index is 0.0266. The second-order valence-corrected chi connectivity index (χ2v) is 15.4. The van der Waals surface area contributed by atoms with Gasteiger partial charge in [-0.25, -0.2) is 0 Å². The summed E-state index contributed by atoms with van der Waals surface area (Å²) in [5, 5.41) is 6.92. The smallest absolute Gasteiger partial charge is 0.252 e. The molecule has 0 aliphatic carbocycles.